The van der Waals surface area contributed by atoms with Gasteiger partial charge in [-0.25, -0.2) is 4.98 Å². The molecule has 0 amide bonds. The number of nitrogens with one attached hydrogen (secondary N) is 1. The third-order valence-corrected chi connectivity index (χ3v) is 2.98. The van der Waals surface area contributed by atoms with Gasteiger partial charge in [0.25, 0.3) is 0 Å². The Balaban J connectivity index is 1.89. The van der Waals surface area contributed by atoms with Gasteiger partial charge in [0.2, 0.25) is 5.65 Å². The van der Waals surface area contributed by atoms with E-state index >= 15 is 0 Å². The van der Waals surface area contributed by atoms with E-state index in [1.54, 1.807) is 12.5 Å². The first kappa shape index (κ1) is 9.53. The largest absolute Gasteiger partial charge is 0.363 e. The third-order valence-electron chi connectivity index (χ3n) is 2.98. The lowest BCUT2D eigenvalue weighted by Crippen LogP contribution is -2.31. The van der Waals surface area contributed by atoms with Crippen LogP contribution in [0.1, 0.15) is 12.8 Å². The van der Waals surface area contributed by atoms with E-state index in [0.717, 1.165) is 11.5 Å². The molecule has 84 valence electrons. The summed E-state index contributed by atoms with van der Waals surface area (Å²) in [5.74, 6) is 1.46. The van der Waals surface area contributed by atoms with E-state index in [1.165, 1.54) is 12.8 Å². The maximum absolute atomic E-state index is 5.75. The summed E-state index contributed by atoms with van der Waals surface area (Å²) in [6.45, 7) is 0.627. The number of nitrogens with two attached hydrogens (primary N) is 1. The molecule has 0 aromatic carbocycles. The number of hydrogen-bond donors (Lipinski definition) is 2. The summed E-state index contributed by atoms with van der Waals surface area (Å²) in [5, 5.41) is 11.3. The molecule has 0 saturated heterocycles. The molecule has 6 heteroatoms. The fourth-order valence-electron chi connectivity index (χ4n) is 1.90. The number of hydrogen-bond acceptors (Lipinski definition) is 5. The van der Waals surface area contributed by atoms with E-state index in [0.29, 0.717) is 18.5 Å². The quantitative estimate of drug-likeness (QED) is 0.770. The molecule has 1 atom stereocenters. The lowest BCUT2D eigenvalue weighted by atomic mass is 10.2. The highest BCUT2D eigenvalue weighted by molar-refractivity contribution is 5.61. The van der Waals surface area contributed by atoms with Crippen molar-refractivity contribution in [2.24, 2.45) is 11.7 Å². The van der Waals surface area contributed by atoms with Gasteiger partial charge < -0.3 is 11.1 Å². The number of aromatic nitrogens is 4. The Morgan fingerprint density at radius 2 is 2.44 bits per heavy atom. The molecule has 2 aromatic rings. The second-order valence-corrected chi connectivity index (χ2v) is 4.16. The van der Waals surface area contributed by atoms with Crippen molar-refractivity contribution in [3.63, 3.8) is 0 Å². The lowest BCUT2D eigenvalue weighted by molar-refractivity contribution is 0.642. The van der Waals surface area contributed by atoms with Gasteiger partial charge in [-0.2, -0.15) is 0 Å². The first-order valence-electron chi connectivity index (χ1n) is 5.49. The van der Waals surface area contributed by atoms with Crippen molar-refractivity contribution in [1.29, 1.82) is 0 Å². The SMILES string of the molecule is NCC(Nc1nccn2cnnc12)C1CC1. The van der Waals surface area contributed by atoms with Gasteiger partial charge in [0.15, 0.2) is 5.82 Å². The Morgan fingerprint density at radius 3 is 3.19 bits per heavy atom. The molecule has 1 aliphatic rings. The molecule has 3 N–H and O–H groups in total. The topological polar surface area (TPSA) is 81.1 Å². The Bertz CT molecular complexity index is 489. The van der Waals surface area contributed by atoms with Crippen molar-refractivity contribution >= 4 is 11.5 Å². The third kappa shape index (κ3) is 1.61. The van der Waals surface area contributed by atoms with Crippen LogP contribution in [0.3, 0.4) is 0 Å². The normalized spacial score (nSPS) is 17.6. The molecule has 3 rings (SSSR count). The van der Waals surface area contributed by atoms with Crippen LogP contribution in [-0.4, -0.2) is 32.2 Å². The summed E-state index contributed by atoms with van der Waals surface area (Å²) < 4.78 is 1.84. The molecule has 1 saturated carbocycles. The van der Waals surface area contributed by atoms with Gasteiger partial charge in [0, 0.05) is 25.0 Å². The van der Waals surface area contributed by atoms with Crippen molar-refractivity contribution < 1.29 is 0 Å². The predicted molar refractivity (Wildman–Crippen MR) is 60.0 cm³/mol. The van der Waals surface area contributed by atoms with Gasteiger partial charge in [0.1, 0.15) is 6.33 Å². The number of anilines is 1. The molecule has 16 heavy (non-hydrogen) atoms. The Morgan fingerprint density at radius 1 is 1.56 bits per heavy atom. The van der Waals surface area contributed by atoms with Crippen LogP contribution in [0.15, 0.2) is 18.7 Å². The molecule has 1 aliphatic carbocycles. The van der Waals surface area contributed by atoms with Crippen LogP contribution in [0.25, 0.3) is 5.65 Å². The van der Waals surface area contributed by atoms with Gasteiger partial charge in [-0.15, -0.1) is 10.2 Å². The molecular weight excluding hydrogens is 204 g/mol. The van der Waals surface area contributed by atoms with Crippen molar-refractivity contribution in [3.05, 3.63) is 18.7 Å². The predicted octanol–water partition coefficient (Wildman–Crippen LogP) is 0.273. The molecule has 2 heterocycles. The van der Waals surface area contributed by atoms with Crippen LogP contribution in [0.5, 0.6) is 0 Å². The fraction of sp³-hybridized carbons (Fsp3) is 0.500. The minimum atomic E-state index is 0.301. The van der Waals surface area contributed by atoms with E-state index < -0.39 is 0 Å². The van der Waals surface area contributed by atoms with Gasteiger partial charge in [-0.3, -0.25) is 4.40 Å². The average Bonchev–Trinajstić information content (AvgIpc) is 3.03. The van der Waals surface area contributed by atoms with E-state index in [-0.39, 0.29) is 0 Å². The van der Waals surface area contributed by atoms with Crippen LogP contribution in [0, 0.1) is 5.92 Å². The average molecular weight is 218 g/mol. The summed E-state index contributed by atoms with van der Waals surface area (Å²) in [6, 6.07) is 0.301. The van der Waals surface area contributed by atoms with Crippen LogP contribution in [0.2, 0.25) is 0 Å². The minimum Gasteiger partial charge on any atom is -0.363 e. The summed E-state index contributed by atoms with van der Waals surface area (Å²) in [5.41, 5.74) is 6.50. The Kier molecular flexibility index (Phi) is 2.21. The highest BCUT2D eigenvalue weighted by atomic mass is 15.2. The highest BCUT2D eigenvalue weighted by Gasteiger charge is 2.30. The van der Waals surface area contributed by atoms with Gasteiger partial charge in [-0.1, -0.05) is 0 Å². The monoisotopic (exact) mass is 218 g/mol. The number of nitrogens with zero attached hydrogens (tertiary/aromatic N) is 4. The highest BCUT2D eigenvalue weighted by Crippen LogP contribution is 2.33. The van der Waals surface area contributed by atoms with Gasteiger partial charge in [0.05, 0.1) is 0 Å². The number of rotatable bonds is 4. The molecular formula is C10H14N6. The van der Waals surface area contributed by atoms with Gasteiger partial charge >= 0.3 is 0 Å². The maximum Gasteiger partial charge on any atom is 0.203 e. The van der Waals surface area contributed by atoms with Crippen LogP contribution in [-0.2, 0) is 0 Å². The minimum absolute atomic E-state index is 0.301. The zero-order valence-electron chi connectivity index (χ0n) is 8.87. The standard InChI is InChI=1S/C10H14N6/c11-5-8(7-1-2-7)14-9-10-15-13-6-16(10)4-3-12-9/h3-4,6-8H,1-2,5,11H2,(H,12,14). The van der Waals surface area contributed by atoms with E-state index in [4.69, 9.17) is 5.73 Å². The van der Waals surface area contributed by atoms with E-state index in [2.05, 4.69) is 20.5 Å². The first-order valence-corrected chi connectivity index (χ1v) is 5.49. The van der Waals surface area contributed by atoms with Crippen molar-refractivity contribution in [2.75, 3.05) is 11.9 Å². The summed E-state index contributed by atoms with van der Waals surface area (Å²) >= 11 is 0. The maximum atomic E-state index is 5.75. The van der Waals surface area contributed by atoms with E-state index in [1.807, 2.05) is 10.6 Å². The van der Waals surface area contributed by atoms with Gasteiger partial charge in [-0.05, 0) is 18.8 Å². The zero-order valence-corrected chi connectivity index (χ0v) is 8.87. The second kappa shape index (κ2) is 3.71. The van der Waals surface area contributed by atoms with Crippen molar-refractivity contribution in [2.45, 2.75) is 18.9 Å². The zero-order chi connectivity index (χ0) is 11.0. The van der Waals surface area contributed by atoms with E-state index in [9.17, 15) is 0 Å². The molecule has 6 nitrogen and oxygen atoms in total. The van der Waals surface area contributed by atoms with Crippen LogP contribution < -0.4 is 11.1 Å². The molecule has 0 radical (unpaired) electrons. The molecule has 0 aliphatic heterocycles. The van der Waals surface area contributed by atoms with Crippen LogP contribution in [0.4, 0.5) is 5.82 Å². The fourth-order valence-corrected chi connectivity index (χ4v) is 1.90. The summed E-state index contributed by atoms with van der Waals surface area (Å²) in [4.78, 5) is 4.29. The molecule has 0 spiro atoms. The molecule has 0 bridgehead atoms. The van der Waals surface area contributed by atoms with Crippen LogP contribution >= 0.6 is 0 Å². The summed E-state index contributed by atoms with van der Waals surface area (Å²) in [7, 11) is 0. The second-order valence-electron chi connectivity index (χ2n) is 4.16. The molecule has 2 aromatic heterocycles. The number of fused-ring (bicyclic) bond motifs is 1. The summed E-state index contributed by atoms with van der Waals surface area (Å²) in [6.07, 6.45) is 7.74. The Labute approximate surface area is 92.9 Å². The molecule has 1 unspecified atom stereocenters. The smallest absolute Gasteiger partial charge is 0.203 e. The lowest BCUT2D eigenvalue weighted by Gasteiger charge is -2.16. The first-order chi connectivity index (χ1) is 7.88. The molecule has 1 fully saturated rings. The Hall–Kier alpha value is -1.69. The van der Waals surface area contributed by atoms with Crippen molar-refractivity contribution in [3.8, 4) is 0 Å². The van der Waals surface area contributed by atoms with Crippen molar-refractivity contribution in [1.82, 2.24) is 19.6 Å².